The van der Waals surface area contributed by atoms with Crippen molar-refractivity contribution in [3.8, 4) is 11.4 Å². The zero-order chi connectivity index (χ0) is 14.7. The van der Waals surface area contributed by atoms with E-state index < -0.39 is 0 Å². The SMILES string of the molecule is CCC1CCCC(Nc2cccc(-c3nnnn3C)c2)C1. The summed E-state index contributed by atoms with van der Waals surface area (Å²) in [7, 11) is 1.86. The van der Waals surface area contributed by atoms with Gasteiger partial charge in [0.15, 0.2) is 5.82 Å². The van der Waals surface area contributed by atoms with Crippen molar-refractivity contribution in [2.75, 3.05) is 5.32 Å². The predicted octanol–water partition coefficient (Wildman–Crippen LogP) is 3.26. The number of aryl methyl sites for hydroxylation is 1. The Kier molecular flexibility index (Phi) is 4.18. The third-order valence-corrected chi connectivity index (χ3v) is 4.47. The minimum Gasteiger partial charge on any atom is -0.382 e. The maximum atomic E-state index is 4.07. The highest BCUT2D eigenvalue weighted by Crippen LogP contribution is 2.29. The van der Waals surface area contributed by atoms with Crippen molar-refractivity contribution in [1.29, 1.82) is 0 Å². The van der Waals surface area contributed by atoms with E-state index in [4.69, 9.17) is 0 Å². The summed E-state index contributed by atoms with van der Waals surface area (Å²) in [6, 6.07) is 8.97. The van der Waals surface area contributed by atoms with Crippen molar-refractivity contribution in [2.45, 2.75) is 45.1 Å². The number of nitrogens with zero attached hydrogens (tertiary/aromatic N) is 4. The number of benzene rings is 1. The molecule has 5 heteroatoms. The van der Waals surface area contributed by atoms with Crippen LogP contribution in [0.5, 0.6) is 0 Å². The summed E-state index contributed by atoms with van der Waals surface area (Å²) in [5.74, 6) is 1.68. The third kappa shape index (κ3) is 3.23. The topological polar surface area (TPSA) is 55.6 Å². The number of aromatic nitrogens is 4. The van der Waals surface area contributed by atoms with E-state index in [1.54, 1.807) is 4.68 Å². The van der Waals surface area contributed by atoms with Crippen molar-refractivity contribution in [3.63, 3.8) is 0 Å². The highest BCUT2D eigenvalue weighted by molar-refractivity contribution is 5.62. The minimum atomic E-state index is 0.594. The molecule has 1 N–H and O–H groups in total. The third-order valence-electron chi connectivity index (χ3n) is 4.47. The highest BCUT2D eigenvalue weighted by atomic mass is 15.5. The molecule has 1 fully saturated rings. The zero-order valence-corrected chi connectivity index (χ0v) is 12.8. The first-order valence-electron chi connectivity index (χ1n) is 7.85. The molecule has 2 unspecified atom stereocenters. The van der Waals surface area contributed by atoms with Crippen molar-refractivity contribution in [2.24, 2.45) is 13.0 Å². The zero-order valence-electron chi connectivity index (χ0n) is 12.8. The maximum absolute atomic E-state index is 4.07. The van der Waals surface area contributed by atoms with Gasteiger partial charge in [0.1, 0.15) is 0 Å². The Hall–Kier alpha value is -1.91. The number of tetrazole rings is 1. The van der Waals surface area contributed by atoms with Crippen LogP contribution in [0.1, 0.15) is 39.0 Å². The van der Waals surface area contributed by atoms with E-state index in [1.807, 2.05) is 13.1 Å². The van der Waals surface area contributed by atoms with Crippen LogP contribution in [0.3, 0.4) is 0 Å². The fourth-order valence-corrected chi connectivity index (χ4v) is 3.25. The lowest BCUT2D eigenvalue weighted by Gasteiger charge is -2.30. The quantitative estimate of drug-likeness (QED) is 0.936. The molecule has 1 aromatic carbocycles. The van der Waals surface area contributed by atoms with Gasteiger partial charge in [-0.1, -0.05) is 38.3 Å². The van der Waals surface area contributed by atoms with Gasteiger partial charge in [-0.2, -0.15) is 0 Å². The number of nitrogens with one attached hydrogen (secondary N) is 1. The van der Waals surface area contributed by atoms with E-state index >= 15 is 0 Å². The lowest BCUT2D eigenvalue weighted by Crippen LogP contribution is -2.27. The molecule has 1 aliphatic rings. The lowest BCUT2D eigenvalue weighted by atomic mass is 9.84. The van der Waals surface area contributed by atoms with Crippen LogP contribution in [0.2, 0.25) is 0 Å². The minimum absolute atomic E-state index is 0.594. The highest BCUT2D eigenvalue weighted by Gasteiger charge is 2.20. The van der Waals surface area contributed by atoms with Crippen LogP contribution in [-0.2, 0) is 7.05 Å². The Bertz CT molecular complexity index is 592. The van der Waals surface area contributed by atoms with Gasteiger partial charge in [-0.05, 0) is 41.3 Å². The average molecular weight is 285 g/mol. The first kappa shape index (κ1) is 14.0. The molecule has 1 aliphatic carbocycles. The molecule has 1 aromatic heterocycles. The van der Waals surface area contributed by atoms with E-state index in [0.717, 1.165) is 23.0 Å². The summed E-state index contributed by atoms with van der Waals surface area (Å²) in [4.78, 5) is 0. The molecule has 2 aromatic rings. The lowest BCUT2D eigenvalue weighted by molar-refractivity contribution is 0.327. The van der Waals surface area contributed by atoms with Crippen LogP contribution in [0.4, 0.5) is 5.69 Å². The summed E-state index contributed by atoms with van der Waals surface area (Å²) in [5.41, 5.74) is 2.22. The van der Waals surface area contributed by atoms with Gasteiger partial charge in [-0.25, -0.2) is 4.68 Å². The summed E-state index contributed by atoms with van der Waals surface area (Å²) < 4.78 is 1.70. The number of anilines is 1. The molecule has 1 heterocycles. The molecule has 112 valence electrons. The van der Waals surface area contributed by atoms with Crippen LogP contribution in [-0.4, -0.2) is 26.2 Å². The fourth-order valence-electron chi connectivity index (χ4n) is 3.25. The molecular formula is C16H23N5. The molecule has 1 saturated carbocycles. The number of hydrogen-bond acceptors (Lipinski definition) is 4. The van der Waals surface area contributed by atoms with Gasteiger partial charge in [-0.3, -0.25) is 0 Å². The fraction of sp³-hybridized carbons (Fsp3) is 0.562. The molecule has 5 nitrogen and oxygen atoms in total. The summed E-state index contributed by atoms with van der Waals surface area (Å²) in [6.07, 6.45) is 6.57. The van der Waals surface area contributed by atoms with Crippen molar-refractivity contribution >= 4 is 5.69 Å². The molecule has 21 heavy (non-hydrogen) atoms. The van der Waals surface area contributed by atoms with Crippen molar-refractivity contribution in [3.05, 3.63) is 24.3 Å². The molecular weight excluding hydrogens is 262 g/mol. The Morgan fingerprint density at radius 1 is 1.33 bits per heavy atom. The second kappa shape index (κ2) is 6.24. The standard InChI is InChI=1S/C16H23N5/c1-3-12-6-4-8-14(10-12)17-15-9-5-7-13(11-15)16-18-19-20-21(16)2/h5,7,9,11-12,14,17H,3-4,6,8,10H2,1-2H3. The van der Waals surface area contributed by atoms with E-state index in [-0.39, 0.29) is 0 Å². The van der Waals surface area contributed by atoms with Crippen molar-refractivity contribution < 1.29 is 0 Å². The molecule has 0 amide bonds. The molecule has 0 bridgehead atoms. The monoisotopic (exact) mass is 285 g/mol. The van der Waals surface area contributed by atoms with Gasteiger partial charge in [0.2, 0.25) is 0 Å². The summed E-state index contributed by atoms with van der Waals surface area (Å²) in [5, 5.41) is 15.4. The van der Waals surface area contributed by atoms with E-state index in [1.165, 1.54) is 32.1 Å². The summed E-state index contributed by atoms with van der Waals surface area (Å²) >= 11 is 0. The molecule has 3 rings (SSSR count). The van der Waals surface area contributed by atoms with Crippen LogP contribution >= 0.6 is 0 Å². The second-order valence-electron chi connectivity index (χ2n) is 5.99. The van der Waals surface area contributed by atoms with Gasteiger partial charge in [0.05, 0.1) is 0 Å². The van der Waals surface area contributed by atoms with Crippen LogP contribution < -0.4 is 5.32 Å². The first-order chi connectivity index (χ1) is 10.3. The Labute approximate surface area is 125 Å². The normalized spacial score (nSPS) is 22.2. The first-order valence-corrected chi connectivity index (χ1v) is 7.85. The average Bonchev–Trinajstić information content (AvgIpc) is 2.94. The number of rotatable bonds is 4. The van der Waals surface area contributed by atoms with Gasteiger partial charge in [0.25, 0.3) is 0 Å². The molecule has 0 saturated heterocycles. The summed E-state index contributed by atoms with van der Waals surface area (Å²) in [6.45, 7) is 2.30. The van der Waals surface area contributed by atoms with E-state index in [9.17, 15) is 0 Å². The van der Waals surface area contributed by atoms with Gasteiger partial charge < -0.3 is 5.32 Å². The van der Waals surface area contributed by atoms with E-state index in [0.29, 0.717) is 6.04 Å². The van der Waals surface area contributed by atoms with Crippen molar-refractivity contribution in [1.82, 2.24) is 20.2 Å². The number of hydrogen-bond donors (Lipinski definition) is 1. The van der Waals surface area contributed by atoms with Crippen LogP contribution in [0.15, 0.2) is 24.3 Å². The van der Waals surface area contributed by atoms with Crippen LogP contribution in [0.25, 0.3) is 11.4 Å². The smallest absolute Gasteiger partial charge is 0.181 e. The predicted molar refractivity (Wildman–Crippen MR) is 83.9 cm³/mol. The Morgan fingerprint density at radius 3 is 3.00 bits per heavy atom. The Balaban J connectivity index is 1.73. The van der Waals surface area contributed by atoms with Crippen LogP contribution in [0, 0.1) is 5.92 Å². The molecule has 2 atom stereocenters. The van der Waals surface area contributed by atoms with E-state index in [2.05, 4.69) is 46.0 Å². The molecule has 0 aliphatic heterocycles. The van der Waals surface area contributed by atoms with Gasteiger partial charge in [0, 0.05) is 24.3 Å². The second-order valence-corrected chi connectivity index (χ2v) is 5.99. The van der Waals surface area contributed by atoms with Gasteiger partial charge in [-0.15, -0.1) is 5.10 Å². The maximum Gasteiger partial charge on any atom is 0.181 e. The van der Waals surface area contributed by atoms with Gasteiger partial charge >= 0.3 is 0 Å². The largest absolute Gasteiger partial charge is 0.382 e. The Morgan fingerprint density at radius 2 is 2.24 bits per heavy atom. The molecule has 0 spiro atoms. The molecule has 0 radical (unpaired) electrons.